The molecule has 0 spiro atoms. The molecule has 1 aliphatic carbocycles. The molecular formula is C11H14O. The van der Waals surface area contributed by atoms with Crippen LogP contribution in [0, 0.1) is 0 Å². The fourth-order valence-electron chi connectivity index (χ4n) is 1.12. The minimum absolute atomic E-state index is 0.180. The van der Waals surface area contributed by atoms with Crippen molar-refractivity contribution in [1.82, 2.24) is 0 Å². The van der Waals surface area contributed by atoms with E-state index in [1.54, 1.807) is 6.08 Å². The Balaban J connectivity index is 2.73. The van der Waals surface area contributed by atoms with Crippen LogP contribution in [0.2, 0.25) is 0 Å². The highest BCUT2D eigenvalue weighted by Crippen LogP contribution is 2.09. The lowest BCUT2D eigenvalue weighted by molar-refractivity contribution is -0.113. The van der Waals surface area contributed by atoms with Gasteiger partial charge < -0.3 is 0 Å². The van der Waals surface area contributed by atoms with E-state index in [0.29, 0.717) is 6.42 Å². The SMILES string of the molecule is CC/C1=C/C=C\C(=O)C/C=C\C1. The molecule has 12 heavy (non-hydrogen) atoms. The van der Waals surface area contributed by atoms with Gasteiger partial charge >= 0.3 is 0 Å². The zero-order valence-electron chi connectivity index (χ0n) is 7.42. The van der Waals surface area contributed by atoms with Gasteiger partial charge in [-0.15, -0.1) is 0 Å². The monoisotopic (exact) mass is 162 g/mol. The van der Waals surface area contributed by atoms with Crippen LogP contribution < -0.4 is 0 Å². The van der Waals surface area contributed by atoms with Crippen LogP contribution in [0.1, 0.15) is 26.2 Å². The van der Waals surface area contributed by atoms with Gasteiger partial charge in [-0.2, -0.15) is 0 Å². The molecule has 0 aromatic heterocycles. The van der Waals surface area contributed by atoms with Crippen LogP contribution in [0.15, 0.2) is 36.0 Å². The molecule has 1 nitrogen and oxygen atoms in total. The third-order valence-corrected chi connectivity index (χ3v) is 1.93. The third kappa shape index (κ3) is 2.87. The van der Waals surface area contributed by atoms with Gasteiger partial charge in [0.05, 0.1) is 0 Å². The van der Waals surface area contributed by atoms with Crippen LogP contribution in [-0.2, 0) is 4.79 Å². The largest absolute Gasteiger partial charge is 0.295 e. The Hall–Kier alpha value is -1.11. The highest BCUT2D eigenvalue weighted by molar-refractivity contribution is 5.91. The van der Waals surface area contributed by atoms with E-state index >= 15 is 0 Å². The van der Waals surface area contributed by atoms with Gasteiger partial charge in [0.1, 0.15) is 0 Å². The molecule has 0 atom stereocenters. The van der Waals surface area contributed by atoms with Crippen molar-refractivity contribution in [3.05, 3.63) is 36.0 Å². The summed E-state index contributed by atoms with van der Waals surface area (Å²) < 4.78 is 0. The summed E-state index contributed by atoms with van der Waals surface area (Å²) in [6.07, 6.45) is 12.1. The summed E-state index contributed by atoms with van der Waals surface area (Å²) in [4.78, 5) is 11.0. The van der Waals surface area contributed by atoms with E-state index in [-0.39, 0.29) is 5.78 Å². The zero-order valence-corrected chi connectivity index (χ0v) is 7.42. The van der Waals surface area contributed by atoms with E-state index in [4.69, 9.17) is 0 Å². The van der Waals surface area contributed by atoms with E-state index in [1.165, 1.54) is 5.57 Å². The van der Waals surface area contributed by atoms with E-state index in [0.717, 1.165) is 12.8 Å². The van der Waals surface area contributed by atoms with Crippen molar-refractivity contribution in [2.45, 2.75) is 26.2 Å². The van der Waals surface area contributed by atoms with Crippen molar-refractivity contribution in [3.63, 3.8) is 0 Å². The molecule has 0 bridgehead atoms. The molecule has 0 N–H and O–H groups in total. The lowest BCUT2D eigenvalue weighted by atomic mass is 10.1. The average molecular weight is 162 g/mol. The van der Waals surface area contributed by atoms with Crippen LogP contribution in [0.25, 0.3) is 0 Å². The minimum atomic E-state index is 0.180. The summed E-state index contributed by atoms with van der Waals surface area (Å²) in [5.74, 6) is 0.180. The van der Waals surface area contributed by atoms with E-state index in [1.807, 2.05) is 18.2 Å². The molecule has 0 radical (unpaired) electrons. The van der Waals surface area contributed by atoms with Crippen LogP contribution in [0.4, 0.5) is 0 Å². The number of rotatable bonds is 1. The number of allylic oxidation sites excluding steroid dienone is 6. The molecule has 0 aromatic rings. The fraction of sp³-hybridized carbons (Fsp3) is 0.364. The summed E-state index contributed by atoms with van der Waals surface area (Å²) in [6, 6.07) is 0. The first-order chi connectivity index (χ1) is 5.83. The Morgan fingerprint density at radius 2 is 2.08 bits per heavy atom. The second kappa shape index (κ2) is 4.70. The molecule has 0 aromatic carbocycles. The Morgan fingerprint density at radius 3 is 2.83 bits per heavy atom. The molecule has 1 heteroatoms. The highest BCUT2D eigenvalue weighted by Gasteiger charge is 1.95. The fourth-order valence-corrected chi connectivity index (χ4v) is 1.12. The van der Waals surface area contributed by atoms with Gasteiger partial charge in [0.25, 0.3) is 0 Å². The molecule has 0 saturated heterocycles. The maximum Gasteiger partial charge on any atom is 0.159 e. The molecule has 0 fully saturated rings. The van der Waals surface area contributed by atoms with Gasteiger partial charge in [-0.05, 0) is 18.9 Å². The number of carbonyl (C=O) groups is 1. The smallest absolute Gasteiger partial charge is 0.159 e. The van der Waals surface area contributed by atoms with Crippen molar-refractivity contribution in [2.24, 2.45) is 0 Å². The first-order valence-corrected chi connectivity index (χ1v) is 4.37. The first kappa shape index (κ1) is 8.98. The third-order valence-electron chi connectivity index (χ3n) is 1.93. The summed E-state index contributed by atoms with van der Waals surface area (Å²) in [5, 5.41) is 0. The van der Waals surface area contributed by atoms with Crippen molar-refractivity contribution in [3.8, 4) is 0 Å². The Kier molecular flexibility index (Phi) is 3.52. The van der Waals surface area contributed by atoms with Crippen LogP contribution in [0.3, 0.4) is 0 Å². The van der Waals surface area contributed by atoms with Crippen molar-refractivity contribution < 1.29 is 4.79 Å². The Morgan fingerprint density at radius 1 is 1.33 bits per heavy atom. The quantitative estimate of drug-likeness (QED) is 0.542. The van der Waals surface area contributed by atoms with Gasteiger partial charge in [0.2, 0.25) is 0 Å². The van der Waals surface area contributed by atoms with Crippen LogP contribution >= 0.6 is 0 Å². The van der Waals surface area contributed by atoms with E-state index in [2.05, 4.69) is 13.0 Å². The minimum Gasteiger partial charge on any atom is -0.295 e. The van der Waals surface area contributed by atoms with E-state index in [9.17, 15) is 4.79 Å². The molecule has 64 valence electrons. The lowest BCUT2D eigenvalue weighted by Gasteiger charge is -1.95. The molecule has 1 rings (SSSR count). The maximum absolute atomic E-state index is 11.0. The molecule has 0 amide bonds. The van der Waals surface area contributed by atoms with Gasteiger partial charge in [-0.1, -0.05) is 36.8 Å². The van der Waals surface area contributed by atoms with E-state index < -0.39 is 0 Å². The second-order valence-electron chi connectivity index (χ2n) is 2.88. The molecular weight excluding hydrogens is 148 g/mol. The van der Waals surface area contributed by atoms with Crippen LogP contribution in [-0.4, -0.2) is 5.78 Å². The number of hydrogen-bond donors (Lipinski definition) is 0. The summed E-state index contributed by atoms with van der Waals surface area (Å²) in [6.45, 7) is 2.13. The Bertz CT molecular complexity index is 244. The van der Waals surface area contributed by atoms with Gasteiger partial charge in [0, 0.05) is 6.42 Å². The zero-order chi connectivity index (χ0) is 8.81. The van der Waals surface area contributed by atoms with Gasteiger partial charge in [0.15, 0.2) is 5.78 Å². The maximum atomic E-state index is 11.0. The number of hydrogen-bond acceptors (Lipinski definition) is 1. The molecule has 0 aliphatic heterocycles. The normalized spacial score (nSPS) is 27.8. The van der Waals surface area contributed by atoms with Gasteiger partial charge in [-0.25, -0.2) is 0 Å². The average Bonchev–Trinajstić information content (AvgIpc) is 2.17. The molecule has 0 unspecified atom stereocenters. The second-order valence-corrected chi connectivity index (χ2v) is 2.88. The van der Waals surface area contributed by atoms with Crippen molar-refractivity contribution in [2.75, 3.05) is 0 Å². The molecule has 0 heterocycles. The van der Waals surface area contributed by atoms with Crippen LogP contribution in [0.5, 0.6) is 0 Å². The molecule has 0 saturated carbocycles. The number of ketones is 1. The summed E-state index contributed by atoms with van der Waals surface area (Å²) >= 11 is 0. The topological polar surface area (TPSA) is 17.1 Å². The van der Waals surface area contributed by atoms with Crippen molar-refractivity contribution in [1.29, 1.82) is 0 Å². The Labute approximate surface area is 73.5 Å². The van der Waals surface area contributed by atoms with Crippen molar-refractivity contribution >= 4 is 5.78 Å². The predicted molar refractivity (Wildman–Crippen MR) is 50.9 cm³/mol. The predicted octanol–water partition coefficient (Wildman–Crippen LogP) is 2.80. The van der Waals surface area contributed by atoms with Gasteiger partial charge in [-0.3, -0.25) is 4.79 Å². The lowest BCUT2D eigenvalue weighted by Crippen LogP contribution is -1.86. The highest BCUT2D eigenvalue weighted by atomic mass is 16.1. The summed E-state index contributed by atoms with van der Waals surface area (Å²) in [7, 11) is 0. The number of carbonyl (C=O) groups excluding carboxylic acids is 1. The first-order valence-electron chi connectivity index (χ1n) is 4.37. The summed E-state index contributed by atoms with van der Waals surface area (Å²) in [5.41, 5.74) is 1.37. The molecule has 1 aliphatic rings. The standard InChI is InChI=1S/C11H14O/c1-2-10-6-3-4-8-11(12)9-5-7-10/h3-5,7,9H,2,6,8H2,1H3/b4-3-,9-5-,10-7-.